The first-order valence-electron chi connectivity index (χ1n) is 7.77. The van der Waals surface area contributed by atoms with Crippen LogP contribution in [0.4, 0.5) is 11.5 Å². The summed E-state index contributed by atoms with van der Waals surface area (Å²) >= 11 is 6.16. The summed E-state index contributed by atoms with van der Waals surface area (Å²) in [6.45, 7) is 2.42. The monoisotopic (exact) mass is 341 g/mol. The Kier molecular flexibility index (Phi) is 3.75. The van der Waals surface area contributed by atoms with Gasteiger partial charge in [-0.15, -0.1) is 0 Å². The lowest BCUT2D eigenvalue weighted by Crippen LogP contribution is -2.15. The molecular weight excluding hydrogens is 326 g/mol. The van der Waals surface area contributed by atoms with E-state index in [0.29, 0.717) is 10.8 Å². The number of rotatable bonds is 3. The maximum Gasteiger partial charge on any atom is 0.194 e. The quantitative estimate of drug-likeness (QED) is 0.736. The molecule has 1 aromatic heterocycles. The van der Waals surface area contributed by atoms with Crippen LogP contribution >= 0.6 is 11.6 Å². The van der Waals surface area contributed by atoms with E-state index in [0.717, 1.165) is 35.4 Å². The Morgan fingerprint density at radius 1 is 1.21 bits per heavy atom. The Morgan fingerprint density at radius 3 is 2.92 bits per heavy atom. The summed E-state index contributed by atoms with van der Waals surface area (Å²) in [6, 6.07) is 11.5. The highest BCUT2D eigenvalue weighted by Gasteiger charge is 2.23. The van der Waals surface area contributed by atoms with Gasteiger partial charge in [-0.3, -0.25) is 0 Å². The summed E-state index contributed by atoms with van der Waals surface area (Å²) in [6.07, 6.45) is 1.64. The Bertz CT molecular complexity index is 914. The highest BCUT2D eigenvalue weighted by Crippen LogP contribution is 2.38. The van der Waals surface area contributed by atoms with Crippen LogP contribution in [-0.2, 0) is 6.42 Å². The lowest BCUT2D eigenvalue weighted by Gasteiger charge is -2.20. The Hall–Kier alpha value is -2.37. The molecule has 1 aliphatic rings. The molecule has 0 saturated heterocycles. The summed E-state index contributed by atoms with van der Waals surface area (Å²) < 4.78 is 5.32. The van der Waals surface area contributed by atoms with Crippen molar-refractivity contribution in [1.29, 1.82) is 0 Å². The van der Waals surface area contributed by atoms with Gasteiger partial charge in [0, 0.05) is 28.7 Å². The summed E-state index contributed by atoms with van der Waals surface area (Å²) in [4.78, 5) is 11.0. The van der Waals surface area contributed by atoms with Crippen LogP contribution in [0.15, 0.2) is 42.7 Å². The van der Waals surface area contributed by atoms with E-state index in [4.69, 9.17) is 16.3 Å². The third kappa shape index (κ3) is 2.66. The average Bonchev–Trinajstić information content (AvgIpc) is 2.96. The number of ether oxygens (including phenoxy) is 1. The Labute approximate surface area is 144 Å². The molecule has 3 aromatic rings. The van der Waals surface area contributed by atoms with E-state index in [1.165, 1.54) is 5.56 Å². The van der Waals surface area contributed by atoms with E-state index in [1.807, 2.05) is 30.3 Å². The van der Waals surface area contributed by atoms with E-state index < -0.39 is 6.29 Å². The van der Waals surface area contributed by atoms with Crippen molar-refractivity contribution in [3.05, 3.63) is 53.3 Å². The number of halogens is 1. The van der Waals surface area contributed by atoms with Gasteiger partial charge >= 0.3 is 0 Å². The van der Waals surface area contributed by atoms with E-state index in [1.54, 1.807) is 13.3 Å². The molecule has 2 heterocycles. The molecule has 2 aromatic carbocycles. The maximum absolute atomic E-state index is 9.36. The number of fused-ring (bicyclic) bond motifs is 2. The number of benzene rings is 2. The van der Waals surface area contributed by atoms with Crippen molar-refractivity contribution in [3.63, 3.8) is 0 Å². The van der Waals surface area contributed by atoms with Crippen LogP contribution in [0.2, 0.25) is 5.02 Å². The molecule has 6 heteroatoms. The minimum Gasteiger partial charge on any atom is -0.465 e. The number of aromatic nitrogens is 2. The van der Waals surface area contributed by atoms with Gasteiger partial charge in [0.1, 0.15) is 17.9 Å². The van der Waals surface area contributed by atoms with Crippen LogP contribution in [0.5, 0.6) is 5.75 Å². The fraction of sp³-hybridized carbons (Fsp3) is 0.222. The lowest BCUT2D eigenvalue weighted by molar-refractivity contribution is -0.000192. The number of aliphatic hydroxyl groups excluding tert-OH is 1. The standard InChI is InChI=1S/C18H16ClN3O2/c1-11(23)24-14-4-5-15-16(9-14)20-10-21-18(15)22-7-6-12-2-3-13(19)8-17(12)22/h2-5,8-11,23H,6-7H2,1H3. The molecule has 1 atom stereocenters. The van der Waals surface area contributed by atoms with E-state index >= 15 is 0 Å². The van der Waals surface area contributed by atoms with Crippen molar-refractivity contribution < 1.29 is 9.84 Å². The Balaban J connectivity index is 1.80. The zero-order valence-electron chi connectivity index (χ0n) is 13.1. The van der Waals surface area contributed by atoms with Crippen LogP contribution in [0, 0.1) is 0 Å². The van der Waals surface area contributed by atoms with Gasteiger partial charge in [-0.2, -0.15) is 0 Å². The second-order valence-corrected chi connectivity index (χ2v) is 6.20. The molecule has 4 rings (SSSR count). The van der Waals surface area contributed by atoms with Gasteiger partial charge in [-0.1, -0.05) is 17.7 Å². The second kappa shape index (κ2) is 5.92. The molecule has 0 aliphatic carbocycles. The van der Waals surface area contributed by atoms with Gasteiger partial charge in [-0.25, -0.2) is 9.97 Å². The molecule has 0 fully saturated rings. The number of hydrogen-bond acceptors (Lipinski definition) is 5. The summed E-state index contributed by atoms with van der Waals surface area (Å²) in [5.74, 6) is 1.43. The van der Waals surface area contributed by atoms with E-state index in [9.17, 15) is 5.11 Å². The van der Waals surface area contributed by atoms with Crippen molar-refractivity contribution in [2.45, 2.75) is 19.6 Å². The molecule has 5 nitrogen and oxygen atoms in total. The van der Waals surface area contributed by atoms with E-state index in [2.05, 4.69) is 20.9 Å². The number of nitrogens with zero attached hydrogens (tertiary/aromatic N) is 3. The molecule has 0 bridgehead atoms. The third-order valence-electron chi connectivity index (χ3n) is 4.09. The van der Waals surface area contributed by atoms with Gasteiger partial charge in [0.25, 0.3) is 0 Å². The minimum atomic E-state index is -0.864. The maximum atomic E-state index is 9.36. The summed E-state index contributed by atoms with van der Waals surface area (Å²) in [7, 11) is 0. The third-order valence-corrected chi connectivity index (χ3v) is 4.33. The first-order valence-corrected chi connectivity index (χ1v) is 8.15. The molecule has 0 saturated carbocycles. The summed E-state index contributed by atoms with van der Waals surface area (Å²) in [5, 5.41) is 11.0. The second-order valence-electron chi connectivity index (χ2n) is 5.77. The smallest absolute Gasteiger partial charge is 0.194 e. The average molecular weight is 342 g/mol. The molecule has 0 radical (unpaired) electrons. The van der Waals surface area contributed by atoms with Gasteiger partial charge in [0.05, 0.1) is 5.52 Å². The molecule has 0 amide bonds. The lowest BCUT2D eigenvalue weighted by atomic mass is 10.1. The fourth-order valence-corrected chi connectivity index (χ4v) is 3.25. The van der Waals surface area contributed by atoms with Gasteiger partial charge in [-0.05, 0) is 43.2 Å². The van der Waals surface area contributed by atoms with Crippen LogP contribution in [0.25, 0.3) is 10.9 Å². The van der Waals surface area contributed by atoms with Crippen LogP contribution in [0.1, 0.15) is 12.5 Å². The van der Waals surface area contributed by atoms with Crippen LogP contribution < -0.4 is 9.64 Å². The Morgan fingerprint density at radius 2 is 2.08 bits per heavy atom. The predicted octanol–water partition coefficient (Wildman–Crippen LogP) is 3.69. The van der Waals surface area contributed by atoms with E-state index in [-0.39, 0.29) is 0 Å². The highest BCUT2D eigenvalue weighted by atomic mass is 35.5. The molecule has 1 unspecified atom stereocenters. The van der Waals surface area contributed by atoms with Crippen LogP contribution in [0.3, 0.4) is 0 Å². The first kappa shape index (κ1) is 15.2. The molecule has 1 N–H and O–H groups in total. The highest BCUT2D eigenvalue weighted by molar-refractivity contribution is 6.31. The normalized spacial score (nSPS) is 14.7. The molecular formula is C18H16ClN3O2. The van der Waals surface area contributed by atoms with Crippen molar-refractivity contribution in [2.75, 3.05) is 11.4 Å². The zero-order valence-corrected chi connectivity index (χ0v) is 13.9. The number of anilines is 2. The molecule has 1 aliphatic heterocycles. The van der Waals surface area contributed by atoms with Gasteiger partial charge < -0.3 is 14.7 Å². The summed E-state index contributed by atoms with van der Waals surface area (Å²) in [5.41, 5.74) is 3.13. The number of hydrogen-bond donors (Lipinski definition) is 1. The fourth-order valence-electron chi connectivity index (χ4n) is 3.08. The van der Waals surface area contributed by atoms with Crippen molar-refractivity contribution in [2.24, 2.45) is 0 Å². The van der Waals surface area contributed by atoms with Gasteiger partial charge in [0.2, 0.25) is 0 Å². The van der Waals surface area contributed by atoms with Crippen molar-refractivity contribution >= 4 is 34.0 Å². The molecule has 122 valence electrons. The van der Waals surface area contributed by atoms with Crippen LogP contribution in [-0.4, -0.2) is 27.9 Å². The predicted molar refractivity (Wildman–Crippen MR) is 94.0 cm³/mol. The minimum absolute atomic E-state index is 0.576. The number of aliphatic hydroxyl groups is 1. The SMILES string of the molecule is CC(O)Oc1ccc2c(N3CCc4ccc(Cl)cc43)ncnc2c1. The zero-order chi connectivity index (χ0) is 16.7. The van der Waals surface area contributed by atoms with Crippen molar-refractivity contribution in [1.82, 2.24) is 9.97 Å². The van der Waals surface area contributed by atoms with Gasteiger partial charge in [0.15, 0.2) is 6.29 Å². The first-order chi connectivity index (χ1) is 11.6. The molecule has 24 heavy (non-hydrogen) atoms. The topological polar surface area (TPSA) is 58.5 Å². The molecule has 0 spiro atoms. The van der Waals surface area contributed by atoms with Crippen molar-refractivity contribution in [3.8, 4) is 5.75 Å². The largest absolute Gasteiger partial charge is 0.465 e.